The van der Waals surface area contributed by atoms with Crippen LogP contribution in [0.2, 0.25) is 5.02 Å². The van der Waals surface area contributed by atoms with Gasteiger partial charge in [0, 0.05) is 18.5 Å². The number of carbonyl (C=O) groups is 1. The number of carbonyl (C=O) groups excluding carboxylic acids is 1. The molecule has 0 atom stereocenters. The van der Waals surface area contributed by atoms with E-state index in [4.69, 9.17) is 11.6 Å². The van der Waals surface area contributed by atoms with Crippen LogP contribution in [0.5, 0.6) is 0 Å². The zero-order valence-corrected chi connectivity index (χ0v) is 11.6. The third-order valence-electron chi connectivity index (χ3n) is 2.27. The maximum absolute atomic E-state index is 13.5. The van der Waals surface area contributed by atoms with Crippen molar-refractivity contribution in [2.24, 2.45) is 0 Å². The predicted molar refractivity (Wildman–Crippen MR) is 71.3 cm³/mol. The summed E-state index contributed by atoms with van der Waals surface area (Å²) in [6.07, 6.45) is 2.66. The molecule has 0 saturated carbocycles. The predicted octanol–water partition coefficient (Wildman–Crippen LogP) is 4.03. The maximum Gasteiger partial charge on any atom is 0.258 e. The molecule has 1 heterocycles. The van der Waals surface area contributed by atoms with Crippen LogP contribution < -0.4 is 5.32 Å². The van der Waals surface area contributed by atoms with Crippen LogP contribution in [0.3, 0.4) is 0 Å². The number of rotatable bonds is 2. The fraction of sp³-hybridized carbons (Fsp3) is 0. The highest BCUT2D eigenvalue weighted by atomic mass is 79.9. The summed E-state index contributed by atoms with van der Waals surface area (Å²) in [5, 5.41) is 2.41. The number of hydrogen-bond acceptors (Lipinski definition) is 2. The molecule has 0 aliphatic rings. The summed E-state index contributed by atoms with van der Waals surface area (Å²) in [6.45, 7) is 0. The van der Waals surface area contributed by atoms with Crippen molar-refractivity contribution in [3.8, 4) is 0 Å². The van der Waals surface area contributed by atoms with Gasteiger partial charge in [-0.05, 0) is 28.1 Å². The molecular formula is C12H6BrClF2N2O. The first-order chi connectivity index (χ1) is 8.99. The van der Waals surface area contributed by atoms with Crippen LogP contribution >= 0.6 is 27.5 Å². The molecule has 0 saturated heterocycles. The largest absolute Gasteiger partial charge is 0.319 e. The molecule has 3 nitrogen and oxygen atoms in total. The Morgan fingerprint density at radius 1 is 1.32 bits per heavy atom. The molecule has 0 unspecified atom stereocenters. The van der Waals surface area contributed by atoms with Gasteiger partial charge in [-0.1, -0.05) is 11.6 Å². The van der Waals surface area contributed by atoms with Crippen LogP contribution in [0.25, 0.3) is 0 Å². The van der Waals surface area contributed by atoms with Crippen molar-refractivity contribution in [1.82, 2.24) is 4.98 Å². The van der Waals surface area contributed by atoms with E-state index >= 15 is 0 Å². The Kier molecular flexibility index (Phi) is 4.11. The molecule has 1 N–H and O–H groups in total. The van der Waals surface area contributed by atoms with Gasteiger partial charge in [0.1, 0.15) is 11.6 Å². The van der Waals surface area contributed by atoms with Gasteiger partial charge in [-0.2, -0.15) is 0 Å². The Balaban J connectivity index is 2.30. The number of hydrogen-bond donors (Lipinski definition) is 1. The van der Waals surface area contributed by atoms with Gasteiger partial charge in [0.2, 0.25) is 0 Å². The van der Waals surface area contributed by atoms with E-state index in [1.54, 1.807) is 0 Å². The molecule has 1 aromatic heterocycles. The zero-order chi connectivity index (χ0) is 14.0. The summed E-state index contributed by atoms with van der Waals surface area (Å²) < 4.78 is 26.8. The number of benzene rings is 1. The van der Waals surface area contributed by atoms with Crippen molar-refractivity contribution >= 4 is 39.1 Å². The highest BCUT2D eigenvalue weighted by Gasteiger charge is 2.14. The van der Waals surface area contributed by atoms with E-state index in [-0.39, 0.29) is 20.7 Å². The van der Waals surface area contributed by atoms with Gasteiger partial charge >= 0.3 is 0 Å². The van der Waals surface area contributed by atoms with Gasteiger partial charge in [0.15, 0.2) is 0 Å². The van der Waals surface area contributed by atoms with E-state index in [9.17, 15) is 13.6 Å². The molecule has 19 heavy (non-hydrogen) atoms. The Bertz CT molecular complexity index is 652. The van der Waals surface area contributed by atoms with E-state index in [2.05, 4.69) is 26.2 Å². The lowest BCUT2D eigenvalue weighted by Crippen LogP contribution is -2.14. The standard InChI is InChI=1S/C12H6BrClF2N2O/c13-7-3-10(16)11(4-9(7)15)18-12(19)6-5-17-2-1-8(6)14/h1-5H,(H,18,19). The number of aromatic nitrogens is 1. The molecule has 0 aliphatic heterocycles. The van der Waals surface area contributed by atoms with Crippen molar-refractivity contribution in [3.05, 3.63) is 57.3 Å². The average molecular weight is 348 g/mol. The summed E-state index contributed by atoms with van der Waals surface area (Å²) in [4.78, 5) is 15.6. The number of nitrogens with zero attached hydrogens (tertiary/aromatic N) is 1. The van der Waals surface area contributed by atoms with Crippen LogP contribution in [-0.4, -0.2) is 10.9 Å². The normalized spacial score (nSPS) is 10.3. The summed E-state index contributed by atoms with van der Waals surface area (Å²) in [5.74, 6) is -2.12. The summed E-state index contributed by atoms with van der Waals surface area (Å²) >= 11 is 8.65. The lowest BCUT2D eigenvalue weighted by Gasteiger charge is -2.08. The molecule has 2 rings (SSSR count). The number of pyridine rings is 1. The Hall–Kier alpha value is -1.53. The summed E-state index contributed by atoms with van der Waals surface area (Å²) in [6, 6.07) is 3.23. The second kappa shape index (κ2) is 5.63. The SMILES string of the molecule is O=C(Nc1cc(F)c(Br)cc1F)c1cnccc1Cl. The highest BCUT2D eigenvalue weighted by Crippen LogP contribution is 2.24. The zero-order valence-electron chi connectivity index (χ0n) is 9.25. The maximum atomic E-state index is 13.5. The molecule has 0 aliphatic carbocycles. The average Bonchev–Trinajstić information content (AvgIpc) is 2.36. The third-order valence-corrected chi connectivity index (χ3v) is 3.21. The molecule has 0 spiro atoms. The molecule has 0 radical (unpaired) electrons. The molecule has 98 valence electrons. The minimum absolute atomic E-state index is 0.0255. The fourth-order valence-corrected chi connectivity index (χ4v) is 1.86. The molecule has 2 aromatic rings. The Morgan fingerprint density at radius 3 is 2.74 bits per heavy atom. The minimum atomic E-state index is -0.762. The smallest absolute Gasteiger partial charge is 0.258 e. The van der Waals surface area contributed by atoms with Crippen LogP contribution in [0.4, 0.5) is 14.5 Å². The molecule has 7 heteroatoms. The van der Waals surface area contributed by atoms with Crippen LogP contribution in [0.1, 0.15) is 10.4 Å². The van der Waals surface area contributed by atoms with E-state index in [0.29, 0.717) is 0 Å². The number of nitrogens with one attached hydrogen (secondary N) is 1. The number of anilines is 1. The van der Waals surface area contributed by atoms with Crippen molar-refractivity contribution in [2.45, 2.75) is 0 Å². The van der Waals surface area contributed by atoms with Crippen LogP contribution in [0.15, 0.2) is 35.1 Å². The van der Waals surface area contributed by atoms with Crippen LogP contribution in [-0.2, 0) is 0 Å². The lowest BCUT2D eigenvalue weighted by molar-refractivity contribution is 0.102. The molecule has 1 amide bonds. The first-order valence-electron chi connectivity index (χ1n) is 5.04. The first kappa shape index (κ1) is 13.9. The third kappa shape index (κ3) is 3.08. The quantitative estimate of drug-likeness (QED) is 0.834. The number of halogens is 4. The van der Waals surface area contributed by atoms with E-state index in [1.807, 2.05) is 0 Å². The first-order valence-corrected chi connectivity index (χ1v) is 6.21. The summed E-state index contributed by atoms with van der Waals surface area (Å²) in [7, 11) is 0. The monoisotopic (exact) mass is 346 g/mol. The van der Waals surface area contributed by atoms with Gasteiger partial charge in [0.05, 0.1) is 20.7 Å². The lowest BCUT2D eigenvalue weighted by atomic mass is 10.2. The van der Waals surface area contributed by atoms with Crippen molar-refractivity contribution in [2.75, 3.05) is 5.32 Å². The van der Waals surface area contributed by atoms with Crippen LogP contribution in [0, 0.1) is 11.6 Å². The molecular weight excluding hydrogens is 341 g/mol. The van der Waals surface area contributed by atoms with Crippen molar-refractivity contribution < 1.29 is 13.6 Å². The second-order valence-corrected chi connectivity index (χ2v) is 4.82. The summed E-state index contributed by atoms with van der Waals surface area (Å²) in [5.41, 5.74) is -0.197. The Morgan fingerprint density at radius 2 is 2.05 bits per heavy atom. The molecule has 1 aromatic carbocycles. The topological polar surface area (TPSA) is 42.0 Å². The van der Waals surface area contributed by atoms with Gasteiger partial charge in [-0.3, -0.25) is 9.78 Å². The van der Waals surface area contributed by atoms with Crippen molar-refractivity contribution in [3.63, 3.8) is 0 Å². The molecule has 0 fully saturated rings. The van der Waals surface area contributed by atoms with Crippen molar-refractivity contribution in [1.29, 1.82) is 0 Å². The molecule has 0 bridgehead atoms. The van der Waals surface area contributed by atoms with Gasteiger partial charge in [-0.15, -0.1) is 0 Å². The van der Waals surface area contributed by atoms with E-state index in [1.165, 1.54) is 18.5 Å². The second-order valence-electron chi connectivity index (χ2n) is 3.56. The van der Waals surface area contributed by atoms with Gasteiger partial charge in [-0.25, -0.2) is 8.78 Å². The van der Waals surface area contributed by atoms with Gasteiger partial charge in [0.25, 0.3) is 5.91 Å². The fourth-order valence-electron chi connectivity index (χ4n) is 1.35. The Labute approximate surface area is 120 Å². The van der Waals surface area contributed by atoms with Gasteiger partial charge < -0.3 is 5.32 Å². The highest BCUT2D eigenvalue weighted by molar-refractivity contribution is 9.10. The van der Waals surface area contributed by atoms with E-state index in [0.717, 1.165) is 12.1 Å². The minimum Gasteiger partial charge on any atom is -0.319 e. The number of amides is 1. The van der Waals surface area contributed by atoms with E-state index < -0.39 is 17.5 Å².